The molecule has 0 rings (SSSR count). The fourth-order valence-corrected chi connectivity index (χ4v) is 5.70. The lowest BCUT2D eigenvalue weighted by Gasteiger charge is -2.16. The van der Waals surface area contributed by atoms with Crippen molar-refractivity contribution in [1.29, 1.82) is 0 Å². The van der Waals surface area contributed by atoms with E-state index in [0.29, 0.717) is 17.9 Å². The second-order valence-electron chi connectivity index (χ2n) is 10.9. The number of thioether (sulfide) groups is 1. The first-order valence-electron chi connectivity index (χ1n) is 15.8. The molecule has 0 radical (unpaired) electrons. The second-order valence-corrected chi connectivity index (χ2v) is 12.0. The molecule has 0 aromatic heterocycles. The van der Waals surface area contributed by atoms with Gasteiger partial charge in [-0.05, 0) is 12.8 Å². The Hall–Kier alpha value is -0.750. The minimum atomic E-state index is -0.997. The number of hydrogen-bond donors (Lipinski definition) is 3. The Morgan fingerprint density at radius 1 is 0.622 bits per heavy atom. The quantitative estimate of drug-likeness (QED) is 0.0822. The van der Waals surface area contributed by atoms with E-state index in [-0.39, 0.29) is 5.91 Å². The summed E-state index contributed by atoms with van der Waals surface area (Å²) in [5.74, 6) is -0.345. The normalized spacial score (nSPS) is 12.9. The molecular formula is C31H61NO4S. The third-order valence-corrected chi connectivity index (χ3v) is 8.32. The van der Waals surface area contributed by atoms with Crippen LogP contribution in [0, 0.1) is 0 Å². The van der Waals surface area contributed by atoms with Crippen LogP contribution in [0.5, 0.6) is 0 Å². The summed E-state index contributed by atoms with van der Waals surface area (Å²) >= 11 is 1.42. The molecule has 0 aromatic carbocycles. The van der Waals surface area contributed by atoms with E-state index in [1.165, 1.54) is 114 Å². The van der Waals surface area contributed by atoms with Crippen LogP contribution in [0.25, 0.3) is 0 Å². The first kappa shape index (κ1) is 36.2. The maximum Gasteiger partial charge on any atom is 0.327 e. The topological polar surface area (TPSA) is 86.6 Å². The second kappa shape index (κ2) is 28.3. The summed E-state index contributed by atoms with van der Waals surface area (Å²) in [5.41, 5.74) is 0. The summed E-state index contributed by atoms with van der Waals surface area (Å²) in [7, 11) is 0. The van der Waals surface area contributed by atoms with Gasteiger partial charge >= 0.3 is 5.97 Å². The fraction of sp³-hybridized carbons (Fsp3) is 0.935. The molecule has 0 aliphatic heterocycles. The highest BCUT2D eigenvalue weighted by Crippen LogP contribution is 2.15. The van der Waals surface area contributed by atoms with Crippen LogP contribution in [0.3, 0.4) is 0 Å². The Morgan fingerprint density at radius 2 is 1.03 bits per heavy atom. The van der Waals surface area contributed by atoms with Gasteiger partial charge in [0.1, 0.15) is 6.04 Å². The lowest BCUT2D eigenvalue weighted by atomic mass is 10.0. The van der Waals surface area contributed by atoms with Crippen LogP contribution in [0.4, 0.5) is 0 Å². The van der Waals surface area contributed by atoms with Crippen molar-refractivity contribution in [2.45, 2.75) is 174 Å². The lowest BCUT2D eigenvalue weighted by Crippen LogP contribution is -2.42. The number of amides is 1. The van der Waals surface area contributed by atoms with Gasteiger partial charge in [0.2, 0.25) is 5.91 Å². The molecule has 0 spiro atoms. The van der Waals surface area contributed by atoms with Gasteiger partial charge in [0.25, 0.3) is 0 Å². The van der Waals surface area contributed by atoms with Crippen molar-refractivity contribution in [1.82, 2.24) is 5.32 Å². The zero-order chi connectivity index (χ0) is 27.4. The maximum absolute atomic E-state index is 12.2. The Kier molecular flexibility index (Phi) is 27.7. The van der Waals surface area contributed by atoms with Crippen LogP contribution in [-0.2, 0) is 9.59 Å². The molecule has 0 aliphatic carbocycles. The summed E-state index contributed by atoms with van der Waals surface area (Å²) in [5, 5.41) is 22.3. The van der Waals surface area contributed by atoms with Crippen LogP contribution in [0.15, 0.2) is 0 Å². The van der Waals surface area contributed by atoms with Crippen molar-refractivity contribution in [2.75, 3.05) is 11.5 Å². The molecule has 0 fully saturated rings. The average Bonchev–Trinajstić information content (AvgIpc) is 2.87. The van der Waals surface area contributed by atoms with Gasteiger partial charge in [0, 0.05) is 17.9 Å². The molecule has 0 saturated heterocycles. The van der Waals surface area contributed by atoms with Crippen molar-refractivity contribution in [2.24, 2.45) is 0 Å². The molecule has 37 heavy (non-hydrogen) atoms. The number of carboxylic acids is 1. The zero-order valence-electron chi connectivity index (χ0n) is 24.5. The molecule has 0 aliphatic rings. The van der Waals surface area contributed by atoms with Crippen molar-refractivity contribution >= 4 is 23.6 Å². The lowest BCUT2D eigenvalue weighted by molar-refractivity contribution is -0.141. The Bertz CT molecular complexity index is 517. The van der Waals surface area contributed by atoms with Crippen LogP contribution in [-0.4, -0.2) is 45.7 Å². The number of aliphatic carboxylic acids is 1. The molecule has 5 nitrogen and oxygen atoms in total. The third kappa shape index (κ3) is 26.6. The largest absolute Gasteiger partial charge is 0.480 e. The van der Waals surface area contributed by atoms with Gasteiger partial charge < -0.3 is 15.5 Å². The summed E-state index contributed by atoms with van der Waals surface area (Å²) < 4.78 is 0. The molecule has 0 heterocycles. The van der Waals surface area contributed by atoms with Crippen molar-refractivity contribution in [3.05, 3.63) is 0 Å². The van der Waals surface area contributed by atoms with E-state index in [2.05, 4.69) is 19.2 Å². The first-order valence-corrected chi connectivity index (χ1v) is 16.9. The van der Waals surface area contributed by atoms with Gasteiger partial charge in [-0.15, -0.1) is 0 Å². The summed E-state index contributed by atoms with van der Waals surface area (Å²) in [6.45, 7) is 4.49. The van der Waals surface area contributed by atoms with Gasteiger partial charge in [0.05, 0.1) is 6.10 Å². The van der Waals surface area contributed by atoms with Crippen molar-refractivity contribution < 1.29 is 19.8 Å². The number of rotatable bonds is 29. The minimum Gasteiger partial charge on any atom is -0.480 e. The van der Waals surface area contributed by atoms with E-state index < -0.39 is 18.1 Å². The number of unbranched alkanes of at least 4 members (excludes halogenated alkanes) is 19. The highest BCUT2D eigenvalue weighted by Gasteiger charge is 2.20. The van der Waals surface area contributed by atoms with Gasteiger partial charge in [-0.1, -0.05) is 142 Å². The van der Waals surface area contributed by atoms with Crippen LogP contribution in [0.1, 0.15) is 162 Å². The number of hydrogen-bond acceptors (Lipinski definition) is 4. The van der Waals surface area contributed by atoms with Crippen LogP contribution in [0.2, 0.25) is 0 Å². The number of carboxylic acid groups (broad SMARTS) is 1. The standard InChI is InChI=1S/C31H61NO4S/c1-3-5-7-9-11-13-14-15-16-17-19-21-23-25-30(34)32-29(31(35)36)27-37-26-28(33)24-22-20-18-12-10-8-6-4-2/h28-29,33H,3-27H2,1-2H3,(H,32,34)(H,35,36)/t28?,29-/m0/s1. The Balaban J connectivity index is 3.68. The molecule has 0 saturated carbocycles. The van der Waals surface area contributed by atoms with Gasteiger partial charge in [-0.2, -0.15) is 11.8 Å². The number of nitrogens with one attached hydrogen (secondary N) is 1. The van der Waals surface area contributed by atoms with E-state index in [0.717, 1.165) is 38.5 Å². The monoisotopic (exact) mass is 543 g/mol. The minimum absolute atomic E-state index is 0.171. The zero-order valence-corrected chi connectivity index (χ0v) is 25.3. The molecule has 0 aromatic rings. The first-order chi connectivity index (χ1) is 18.0. The van der Waals surface area contributed by atoms with Crippen LogP contribution < -0.4 is 5.32 Å². The van der Waals surface area contributed by atoms with E-state index in [9.17, 15) is 19.8 Å². The molecular weight excluding hydrogens is 482 g/mol. The van der Waals surface area contributed by atoms with E-state index in [1.54, 1.807) is 0 Å². The fourth-order valence-electron chi connectivity index (χ4n) is 4.66. The smallest absolute Gasteiger partial charge is 0.327 e. The maximum atomic E-state index is 12.2. The van der Waals surface area contributed by atoms with Gasteiger partial charge in [-0.25, -0.2) is 4.79 Å². The van der Waals surface area contributed by atoms with Crippen molar-refractivity contribution in [3.8, 4) is 0 Å². The summed E-state index contributed by atoms with van der Waals surface area (Å²) in [6, 6.07) is -0.880. The summed E-state index contributed by atoms with van der Waals surface area (Å²) in [6.07, 6.45) is 27.1. The number of aliphatic hydroxyl groups excluding tert-OH is 1. The number of aliphatic hydroxyl groups is 1. The highest BCUT2D eigenvalue weighted by molar-refractivity contribution is 7.99. The van der Waals surface area contributed by atoms with Gasteiger partial charge in [-0.3, -0.25) is 4.79 Å². The summed E-state index contributed by atoms with van der Waals surface area (Å²) in [4.78, 5) is 23.8. The average molecular weight is 544 g/mol. The van der Waals surface area contributed by atoms with Gasteiger partial charge in [0.15, 0.2) is 0 Å². The van der Waals surface area contributed by atoms with E-state index in [4.69, 9.17) is 0 Å². The van der Waals surface area contributed by atoms with E-state index >= 15 is 0 Å². The van der Waals surface area contributed by atoms with Crippen LogP contribution >= 0.6 is 11.8 Å². The van der Waals surface area contributed by atoms with E-state index in [1.807, 2.05) is 0 Å². The predicted molar refractivity (Wildman–Crippen MR) is 160 cm³/mol. The molecule has 1 unspecified atom stereocenters. The molecule has 3 N–H and O–H groups in total. The number of carbonyl (C=O) groups is 2. The Morgan fingerprint density at radius 3 is 1.46 bits per heavy atom. The number of carbonyl (C=O) groups excluding carboxylic acids is 1. The molecule has 2 atom stereocenters. The predicted octanol–water partition coefficient (Wildman–Crippen LogP) is 8.66. The molecule has 220 valence electrons. The third-order valence-electron chi connectivity index (χ3n) is 7.13. The van der Waals surface area contributed by atoms with Crippen molar-refractivity contribution in [3.63, 3.8) is 0 Å². The Labute approximate surface area is 233 Å². The molecule has 6 heteroatoms. The molecule has 0 bridgehead atoms. The SMILES string of the molecule is CCCCCCCCCCCCCCCC(=O)N[C@@H](CSCC(O)CCCCCCCCCC)C(=O)O. The highest BCUT2D eigenvalue weighted by atomic mass is 32.2. The molecule has 1 amide bonds.